The summed E-state index contributed by atoms with van der Waals surface area (Å²) in [7, 11) is 0. The van der Waals surface area contributed by atoms with Crippen LogP contribution in [0.5, 0.6) is 0 Å². The fourth-order valence-electron chi connectivity index (χ4n) is 1.34. The van der Waals surface area contributed by atoms with Crippen LogP contribution in [-0.2, 0) is 0 Å². The molecule has 0 aliphatic rings. The number of hydrogen-bond donors (Lipinski definition) is 0. The second kappa shape index (κ2) is 3.87. The third-order valence-electron chi connectivity index (χ3n) is 1.99. The minimum atomic E-state index is 0.847. The molecule has 2 aromatic rings. The molecule has 0 spiro atoms. The maximum absolute atomic E-state index is 4.12. The van der Waals surface area contributed by atoms with Crippen LogP contribution in [0, 0.1) is 6.92 Å². The number of halogens is 2. The summed E-state index contributed by atoms with van der Waals surface area (Å²) in [5.74, 6) is 0. The van der Waals surface area contributed by atoms with Crippen LogP contribution in [0.4, 0.5) is 0 Å². The van der Waals surface area contributed by atoms with E-state index in [1.54, 1.807) is 6.33 Å². The van der Waals surface area contributed by atoms with Gasteiger partial charge in [-0.15, -0.1) is 0 Å². The zero-order valence-electron chi connectivity index (χ0n) is 7.54. The number of benzene rings is 1. The number of nitrogens with zero attached hydrogens (tertiary/aromatic N) is 2. The lowest BCUT2D eigenvalue weighted by molar-refractivity contribution is 1.04. The quantitative estimate of drug-likeness (QED) is 0.784. The highest BCUT2D eigenvalue weighted by Crippen LogP contribution is 2.20. The average Bonchev–Trinajstić information content (AvgIpc) is 2.51. The van der Waals surface area contributed by atoms with E-state index in [2.05, 4.69) is 55.9 Å². The molecule has 0 radical (unpaired) electrons. The number of imidazole rings is 1. The summed E-state index contributed by atoms with van der Waals surface area (Å²) in [4.78, 5) is 4.12. The van der Waals surface area contributed by atoms with Crippen molar-refractivity contribution in [3.05, 3.63) is 45.4 Å². The van der Waals surface area contributed by atoms with Crippen LogP contribution in [0.15, 0.2) is 39.8 Å². The van der Waals surface area contributed by atoms with Crippen LogP contribution in [0.1, 0.15) is 5.56 Å². The van der Waals surface area contributed by atoms with Gasteiger partial charge in [0, 0.05) is 16.4 Å². The normalized spacial score (nSPS) is 10.5. The highest BCUT2D eigenvalue weighted by molar-refractivity contribution is 9.10. The first-order chi connectivity index (χ1) is 6.66. The lowest BCUT2D eigenvalue weighted by Gasteiger charge is -2.06. The number of rotatable bonds is 1. The minimum Gasteiger partial charge on any atom is -0.305 e. The van der Waals surface area contributed by atoms with Crippen LogP contribution < -0.4 is 0 Å². The van der Waals surface area contributed by atoms with Gasteiger partial charge in [0.05, 0.1) is 0 Å². The first-order valence-corrected chi connectivity index (χ1v) is 5.71. The Hall–Kier alpha value is -0.610. The van der Waals surface area contributed by atoms with Crippen molar-refractivity contribution in [3.8, 4) is 5.69 Å². The molecule has 0 N–H and O–H groups in total. The lowest BCUT2D eigenvalue weighted by Crippen LogP contribution is -1.92. The Morgan fingerprint density at radius 3 is 2.64 bits per heavy atom. The van der Waals surface area contributed by atoms with E-state index in [0.29, 0.717) is 0 Å². The first kappa shape index (κ1) is 9.93. The van der Waals surface area contributed by atoms with Crippen LogP contribution in [0.25, 0.3) is 5.69 Å². The van der Waals surface area contributed by atoms with E-state index in [9.17, 15) is 0 Å². The molecule has 0 bridgehead atoms. The summed E-state index contributed by atoms with van der Waals surface area (Å²) in [6.45, 7) is 2.08. The summed E-state index contributed by atoms with van der Waals surface area (Å²) in [5, 5.41) is 0. The van der Waals surface area contributed by atoms with Gasteiger partial charge in [0.25, 0.3) is 0 Å². The summed E-state index contributed by atoms with van der Waals surface area (Å²) >= 11 is 6.77. The van der Waals surface area contributed by atoms with E-state index in [-0.39, 0.29) is 0 Å². The molecule has 0 saturated carbocycles. The third kappa shape index (κ3) is 1.91. The fraction of sp³-hybridized carbons (Fsp3) is 0.100. The van der Waals surface area contributed by atoms with E-state index in [1.165, 1.54) is 5.56 Å². The van der Waals surface area contributed by atoms with E-state index in [1.807, 2.05) is 16.8 Å². The van der Waals surface area contributed by atoms with Gasteiger partial charge in [0.1, 0.15) is 10.9 Å². The molecule has 0 saturated heterocycles. The molecule has 4 heteroatoms. The van der Waals surface area contributed by atoms with Crippen molar-refractivity contribution in [1.82, 2.24) is 9.55 Å². The van der Waals surface area contributed by atoms with Crippen LogP contribution in [0.3, 0.4) is 0 Å². The van der Waals surface area contributed by atoms with E-state index >= 15 is 0 Å². The number of aryl methyl sites for hydroxylation is 1. The summed E-state index contributed by atoms with van der Waals surface area (Å²) in [6, 6.07) is 6.17. The average molecular weight is 316 g/mol. The predicted molar refractivity (Wildman–Crippen MR) is 63.7 cm³/mol. The van der Waals surface area contributed by atoms with Crippen molar-refractivity contribution in [1.29, 1.82) is 0 Å². The van der Waals surface area contributed by atoms with Gasteiger partial charge in [0.15, 0.2) is 0 Å². The zero-order valence-corrected chi connectivity index (χ0v) is 10.7. The van der Waals surface area contributed by atoms with Crippen molar-refractivity contribution in [2.45, 2.75) is 6.92 Å². The van der Waals surface area contributed by atoms with E-state index in [0.717, 1.165) is 14.8 Å². The lowest BCUT2D eigenvalue weighted by atomic mass is 10.2. The SMILES string of the molecule is Cc1cc(Br)ccc1-n1cnc(Br)c1. The molecule has 2 nitrogen and oxygen atoms in total. The Morgan fingerprint density at radius 2 is 2.07 bits per heavy atom. The predicted octanol–water partition coefficient (Wildman–Crippen LogP) is 3.71. The Morgan fingerprint density at radius 1 is 1.29 bits per heavy atom. The van der Waals surface area contributed by atoms with Crippen molar-refractivity contribution < 1.29 is 0 Å². The molecule has 0 atom stereocenters. The second-order valence-electron chi connectivity index (χ2n) is 3.03. The summed E-state index contributed by atoms with van der Waals surface area (Å²) in [5.41, 5.74) is 2.36. The molecule has 14 heavy (non-hydrogen) atoms. The Kier molecular flexibility index (Phi) is 2.74. The van der Waals surface area contributed by atoms with Gasteiger partial charge in [-0.1, -0.05) is 15.9 Å². The van der Waals surface area contributed by atoms with Gasteiger partial charge in [-0.3, -0.25) is 0 Å². The van der Waals surface area contributed by atoms with Crippen LogP contribution in [0.2, 0.25) is 0 Å². The van der Waals surface area contributed by atoms with Crippen LogP contribution >= 0.6 is 31.9 Å². The smallest absolute Gasteiger partial charge is 0.124 e. The van der Waals surface area contributed by atoms with Crippen molar-refractivity contribution in [2.75, 3.05) is 0 Å². The molecule has 0 amide bonds. The molecule has 0 aliphatic heterocycles. The monoisotopic (exact) mass is 314 g/mol. The maximum Gasteiger partial charge on any atom is 0.124 e. The van der Waals surface area contributed by atoms with Crippen LogP contribution in [-0.4, -0.2) is 9.55 Å². The number of aromatic nitrogens is 2. The first-order valence-electron chi connectivity index (χ1n) is 4.13. The fourth-order valence-corrected chi connectivity index (χ4v) is 2.13. The van der Waals surface area contributed by atoms with Gasteiger partial charge >= 0.3 is 0 Å². The third-order valence-corrected chi connectivity index (χ3v) is 2.89. The Balaban J connectivity index is 2.52. The maximum atomic E-state index is 4.12. The highest BCUT2D eigenvalue weighted by atomic mass is 79.9. The molecule has 1 aromatic carbocycles. The minimum absolute atomic E-state index is 0.847. The zero-order chi connectivity index (χ0) is 10.1. The van der Waals surface area contributed by atoms with Gasteiger partial charge in [-0.25, -0.2) is 4.98 Å². The molecule has 72 valence electrons. The molecular weight excluding hydrogens is 308 g/mol. The van der Waals surface area contributed by atoms with Gasteiger partial charge in [-0.2, -0.15) is 0 Å². The standard InChI is InChI=1S/C10H8Br2N2/c1-7-4-8(11)2-3-9(7)14-5-10(12)13-6-14/h2-6H,1H3. The van der Waals surface area contributed by atoms with Gasteiger partial charge < -0.3 is 4.57 Å². The molecular formula is C10H8Br2N2. The van der Waals surface area contributed by atoms with Crippen molar-refractivity contribution in [3.63, 3.8) is 0 Å². The number of hydrogen-bond acceptors (Lipinski definition) is 1. The Bertz CT molecular complexity index is 463. The van der Waals surface area contributed by atoms with Crippen molar-refractivity contribution >= 4 is 31.9 Å². The van der Waals surface area contributed by atoms with Gasteiger partial charge in [-0.05, 0) is 46.6 Å². The summed E-state index contributed by atoms with van der Waals surface area (Å²) in [6.07, 6.45) is 3.73. The molecule has 2 rings (SSSR count). The topological polar surface area (TPSA) is 17.8 Å². The highest BCUT2D eigenvalue weighted by Gasteiger charge is 2.02. The van der Waals surface area contributed by atoms with Crippen molar-refractivity contribution in [2.24, 2.45) is 0 Å². The van der Waals surface area contributed by atoms with E-state index < -0.39 is 0 Å². The van der Waals surface area contributed by atoms with E-state index in [4.69, 9.17) is 0 Å². The molecule has 1 heterocycles. The van der Waals surface area contributed by atoms with Gasteiger partial charge in [0.2, 0.25) is 0 Å². The summed E-state index contributed by atoms with van der Waals surface area (Å²) < 4.78 is 3.93. The molecule has 0 aliphatic carbocycles. The largest absolute Gasteiger partial charge is 0.305 e. The molecule has 1 aromatic heterocycles. The molecule has 0 unspecified atom stereocenters. The second-order valence-corrected chi connectivity index (χ2v) is 4.76. The molecule has 0 fully saturated rings. The Labute approximate surface area is 99.2 Å².